The predicted molar refractivity (Wildman–Crippen MR) is 123 cm³/mol. The van der Waals surface area contributed by atoms with Crippen LogP contribution in [0.3, 0.4) is 0 Å². The summed E-state index contributed by atoms with van der Waals surface area (Å²) in [4.78, 5) is 6.62. The van der Waals surface area contributed by atoms with E-state index >= 15 is 0 Å². The fourth-order valence-electron chi connectivity index (χ4n) is 3.55. The van der Waals surface area contributed by atoms with Gasteiger partial charge in [0.1, 0.15) is 5.75 Å². The van der Waals surface area contributed by atoms with Gasteiger partial charge in [-0.05, 0) is 44.9 Å². The van der Waals surface area contributed by atoms with Gasteiger partial charge in [-0.25, -0.2) is 4.98 Å². The summed E-state index contributed by atoms with van der Waals surface area (Å²) < 4.78 is 0. The third kappa shape index (κ3) is 5.38. The van der Waals surface area contributed by atoms with Crippen LogP contribution in [0.15, 0.2) is 36.8 Å². The number of benzene rings is 1. The molecule has 1 saturated heterocycles. The molecule has 2 aromatic heterocycles. The zero-order chi connectivity index (χ0) is 19.7. The summed E-state index contributed by atoms with van der Waals surface area (Å²) in [6.07, 6.45) is 6.28. The summed E-state index contributed by atoms with van der Waals surface area (Å²) >= 11 is 0. The van der Waals surface area contributed by atoms with Gasteiger partial charge in [-0.15, -0.1) is 35.0 Å². The second kappa shape index (κ2) is 9.59. The van der Waals surface area contributed by atoms with E-state index in [1.54, 1.807) is 30.7 Å². The van der Waals surface area contributed by atoms with E-state index in [2.05, 4.69) is 56.4 Å². The van der Waals surface area contributed by atoms with Gasteiger partial charge in [0.2, 0.25) is 0 Å². The number of H-pyrrole nitrogens is 1. The smallest absolute Gasteiger partial charge is 0.185 e. The summed E-state index contributed by atoms with van der Waals surface area (Å²) in [6, 6.07) is 5.81. The molecule has 0 spiro atoms. The van der Waals surface area contributed by atoms with Gasteiger partial charge in [-0.2, -0.15) is 5.10 Å². The largest absolute Gasteiger partial charge is 0.507 e. The minimum Gasteiger partial charge on any atom is -0.507 e. The Kier molecular flexibility index (Phi) is 7.63. The number of aromatic nitrogens is 5. The van der Waals surface area contributed by atoms with Crippen LogP contribution >= 0.6 is 24.8 Å². The summed E-state index contributed by atoms with van der Waals surface area (Å²) in [6.45, 7) is 8.34. The molecule has 0 radical (unpaired) electrons. The Morgan fingerprint density at radius 3 is 2.53 bits per heavy atom. The maximum absolute atomic E-state index is 10.4. The molecule has 0 aliphatic carbocycles. The molecule has 0 bridgehead atoms. The van der Waals surface area contributed by atoms with Gasteiger partial charge in [0, 0.05) is 36.4 Å². The lowest BCUT2D eigenvalue weighted by Crippen LogP contribution is -2.45. The second-order valence-electron chi connectivity index (χ2n) is 8.18. The van der Waals surface area contributed by atoms with Crippen LogP contribution in [-0.4, -0.2) is 55.2 Å². The van der Waals surface area contributed by atoms with Crippen molar-refractivity contribution in [3.63, 3.8) is 0 Å². The highest BCUT2D eigenvalue weighted by Crippen LogP contribution is 2.31. The molecule has 1 aliphatic heterocycles. The average molecular weight is 452 g/mol. The van der Waals surface area contributed by atoms with E-state index in [4.69, 9.17) is 0 Å². The number of hydrogen-bond acceptors (Lipinski definition) is 7. The monoisotopic (exact) mass is 451 g/mol. The Balaban J connectivity index is 0.00000160. The summed E-state index contributed by atoms with van der Waals surface area (Å²) in [5.41, 5.74) is 2.42. The highest BCUT2D eigenvalue weighted by Gasteiger charge is 2.27. The molecule has 10 heteroatoms. The van der Waals surface area contributed by atoms with Crippen LogP contribution in [0, 0.1) is 0 Å². The first-order valence-electron chi connectivity index (χ1n) is 9.44. The lowest BCUT2D eigenvalue weighted by Gasteiger charge is -2.26. The van der Waals surface area contributed by atoms with E-state index in [0.29, 0.717) is 17.4 Å². The zero-order valence-electron chi connectivity index (χ0n) is 17.2. The molecule has 3 aromatic rings. The van der Waals surface area contributed by atoms with Gasteiger partial charge >= 0.3 is 0 Å². The Morgan fingerprint density at radius 1 is 1.13 bits per heavy atom. The second-order valence-corrected chi connectivity index (χ2v) is 8.18. The number of nitrogens with zero attached hydrogens (tertiary/aromatic N) is 5. The van der Waals surface area contributed by atoms with Crippen LogP contribution in [0.1, 0.15) is 27.2 Å². The molecule has 4 rings (SSSR count). The highest BCUT2D eigenvalue weighted by atomic mass is 35.5. The van der Waals surface area contributed by atoms with Crippen LogP contribution in [0.2, 0.25) is 0 Å². The van der Waals surface area contributed by atoms with Crippen molar-refractivity contribution in [2.75, 3.05) is 18.0 Å². The lowest BCUT2D eigenvalue weighted by atomic mass is 10.1. The van der Waals surface area contributed by atoms with Gasteiger partial charge in [0.25, 0.3) is 0 Å². The third-order valence-corrected chi connectivity index (χ3v) is 4.77. The average Bonchev–Trinajstić information content (AvgIpc) is 3.32. The Morgan fingerprint density at radius 2 is 1.93 bits per heavy atom. The highest BCUT2D eigenvalue weighted by molar-refractivity contribution is 5.85. The molecule has 1 aromatic carbocycles. The summed E-state index contributed by atoms with van der Waals surface area (Å²) in [5.74, 6) is 1.28. The normalized spacial score (nSPS) is 16.1. The molecular formula is C20H27Cl2N7O. The number of phenolic OH excluding ortho intramolecular Hbond substituents is 1. The molecule has 1 unspecified atom stereocenters. The van der Waals surface area contributed by atoms with Gasteiger partial charge in [0.15, 0.2) is 11.6 Å². The SMILES string of the molecule is CC(C)(C)NC1CCN(c2cnc(-c3ccc(-c4cn[nH]c4)cc3O)nn2)C1.Cl.Cl. The molecule has 0 saturated carbocycles. The number of nitrogens with one attached hydrogen (secondary N) is 2. The molecule has 162 valence electrons. The summed E-state index contributed by atoms with van der Waals surface area (Å²) in [7, 11) is 0. The van der Waals surface area contributed by atoms with Crippen molar-refractivity contribution < 1.29 is 5.11 Å². The zero-order valence-corrected chi connectivity index (χ0v) is 18.8. The number of aromatic amines is 1. The number of halogens is 2. The van der Waals surface area contributed by atoms with Crippen LogP contribution in [0.5, 0.6) is 5.75 Å². The number of hydrogen-bond donors (Lipinski definition) is 3. The number of aromatic hydroxyl groups is 1. The Hall–Kier alpha value is -2.42. The van der Waals surface area contributed by atoms with Crippen molar-refractivity contribution in [3.8, 4) is 28.3 Å². The van der Waals surface area contributed by atoms with E-state index in [-0.39, 0.29) is 36.1 Å². The third-order valence-electron chi connectivity index (χ3n) is 4.77. The van der Waals surface area contributed by atoms with Crippen molar-refractivity contribution in [3.05, 3.63) is 36.8 Å². The first-order valence-corrected chi connectivity index (χ1v) is 9.44. The molecule has 8 nitrogen and oxygen atoms in total. The Labute approximate surface area is 188 Å². The van der Waals surface area contributed by atoms with E-state index in [0.717, 1.165) is 36.5 Å². The molecule has 1 aliphatic rings. The molecule has 3 heterocycles. The van der Waals surface area contributed by atoms with Gasteiger partial charge in [0.05, 0.1) is 18.0 Å². The number of phenols is 1. The van der Waals surface area contributed by atoms with Crippen LogP contribution < -0.4 is 10.2 Å². The minimum atomic E-state index is 0. The van der Waals surface area contributed by atoms with E-state index in [1.165, 1.54) is 0 Å². The molecular weight excluding hydrogens is 425 g/mol. The minimum absolute atomic E-state index is 0. The number of rotatable bonds is 4. The maximum atomic E-state index is 10.4. The van der Waals surface area contributed by atoms with Gasteiger partial charge in [-0.1, -0.05) is 6.07 Å². The topological polar surface area (TPSA) is 103 Å². The number of anilines is 1. The van der Waals surface area contributed by atoms with Crippen LogP contribution in [-0.2, 0) is 0 Å². The first-order chi connectivity index (χ1) is 13.4. The predicted octanol–water partition coefficient (Wildman–Crippen LogP) is 3.44. The molecule has 3 N–H and O–H groups in total. The fraction of sp³-hybridized carbons (Fsp3) is 0.400. The van der Waals surface area contributed by atoms with Crippen molar-refractivity contribution in [1.82, 2.24) is 30.7 Å². The summed E-state index contributed by atoms with van der Waals surface area (Å²) in [5, 5.41) is 29.3. The van der Waals surface area contributed by atoms with E-state index in [1.807, 2.05) is 6.07 Å². The van der Waals surface area contributed by atoms with Crippen LogP contribution in [0.25, 0.3) is 22.5 Å². The van der Waals surface area contributed by atoms with Crippen molar-refractivity contribution in [2.45, 2.75) is 38.8 Å². The lowest BCUT2D eigenvalue weighted by molar-refractivity contribution is 0.373. The first kappa shape index (κ1) is 23.9. The quantitative estimate of drug-likeness (QED) is 0.557. The van der Waals surface area contributed by atoms with Crippen molar-refractivity contribution in [1.29, 1.82) is 0 Å². The van der Waals surface area contributed by atoms with Crippen molar-refractivity contribution >= 4 is 30.6 Å². The standard InChI is InChI=1S/C20H25N7O.2ClH/c1-20(2,3)24-15-6-7-27(12-15)18-11-21-19(26-25-18)16-5-4-13(8-17(16)28)14-9-22-23-10-14;;/h4-5,8-11,15,24,28H,6-7,12H2,1-3H3,(H,22,23);2*1H. The van der Waals surface area contributed by atoms with E-state index in [9.17, 15) is 5.11 Å². The Bertz CT molecular complexity index is 943. The van der Waals surface area contributed by atoms with Gasteiger partial charge < -0.3 is 15.3 Å². The molecule has 1 fully saturated rings. The fourth-order valence-corrected chi connectivity index (χ4v) is 3.55. The van der Waals surface area contributed by atoms with E-state index < -0.39 is 0 Å². The molecule has 1 atom stereocenters. The van der Waals surface area contributed by atoms with Gasteiger partial charge in [-0.3, -0.25) is 5.10 Å². The van der Waals surface area contributed by atoms with Crippen LogP contribution in [0.4, 0.5) is 5.82 Å². The van der Waals surface area contributed by atoms with Crippen molar-refractivity contribution in [2.24, 2.45) is 0 Å². The molecule has 0 amide bonds. The molecule has 30 heavy (non-hydrogen) atoms. The maximum Gasteiger partial charge on any atom is 0.185 e.